The molecule has 1 aromatic carbocycles. The van der Waals surface area contributed by atoms with Gasteiger partial charge in [0.05, 0.1) is 12.7 Å². The minimum Gasteiger partial charge on any atom is -0.461 e. The van der Waals surface area contributed by atoms with Gasteiger partial charge in [-0.1, -0.05) is 32.4 Å². The van der Waals surface area contributed by atoms with Crippen molar-refractivity contribution in [2.45, 2.75) is 83.8 Å². The lowest BCUT2D eigenvalue weighted by Crippen LogP contribution is -2.41. The number of nitrogen functional groups attached to an aromatic ring is 1. The number of aromatic nitrogens is 2. The van der Waals surface area contributed by atoms with Crippen molar-refractivity contribution in [3.8, 4) is 5.75 Å². The van der Waals surface area contributed by atoms with Crippen molar-refractivity contribution in [3.05, 3.63) is 39.6 Å². The Labute approximate surface area is 258 Å². The first kappa shape index (κ1) is 33.1. The van der Waals surface area contributed by atoms with E-state index in [1.165, 1.54) is 0 Å². The molecule has 12 nitrogen and oxygen atoms in total. The summed E-state index contributed by atoms with van der Waals surface area (Å²) in [7, 11) is 0.0475. The highest BCUT2D eigenvalue weighted by Crippen LogP contribution is 2.47. The molecule has 5 atom stereocenters. The molecule has 5 unspecified atom stereocenters. The first-order chi connectivity index (χ1) is 20.6. The molecule has 2 heterocycles. The highest BCUT2D eigenvalue weighted by molar-refractivity contribution is 7.45. The lowest BCUT2D eigenvalue weighted by Gasteiger charge is -2.34. The number of rotatable bonds is 14. The van der Waals surface area contributed by atoms with Crippen LogP contribution in [0.4, 0.5) is 17.5 Å². The second-order valence-corrected chi connectivity index (χ2v) is 12.7. The second-order valence-electron chi connectivity index (χ2n) is 10.9. The van der Waals surface area contributed by atoms with Crippen LogP contribution in [0.5, 0.6) is 5.75 Å². The number of nitrogens with two attached hydrogens (primary N) is 1. The number of aromatic amines is 1. The third-order valence-electron chi connectivity index (χ3n) is 7.73. The zero-order valence-corrected chi connectivity index (χ0v) is 26.9. The van der Waals surface area contributed by atoms with E-state index in [1.807, 2.05) is 18.5 Å². The fraction of sp³-hybridized carbons (Fsp3) is 0.586. The quantitative estimate of drug-likeness (QED) is 0.156. The van der Waals surface area contributed by atoms with Crippen LogP contribution in [0, 0.1) is 5.92 Å². The lowest BCUT2D eigenvalue weighted by atomic mass is 10.1. The van der Waals surface area contributed by atoms with E-state index in [2.05, 4.69) is 28.6 Å². The molecular formula is C29H42ClN6O6P. The predicted molar refractivity (Wildman–Crippen MR) is 169 cm³/mol. The number of carbonyl (C=O) groups excluding carboxylic acids is 1. The van der Waals surface area contributed by atoms with Crippen molar-refractivity contribution in [2.75, 3.05) is 30.8 Å². The van der Waals surface area contributed by atoms with E-state index in [-0.39, 0.29) is 48.2 Å². The first-order valence-electron chi connectivity index (χ1n) is 14.7. The van der Waals surface area contributed by atoms with E-state index in [4.69, 9.17) is 35.9 Å². The molecule has 43 heavy (non-hydrogen) atoms. The highest BCUT2D eigenvalue weighted by Gasteiger charge is 2.40. The van der Waals surface area contributed by atoms with Gasteiger partial charge in [-0.2, -0.15) is 4.98 Å². The molecule has 1 aliphatic carbocycles. The van der Waals surface area contributed by atoms with E-state index in [9.17, 15) is 9.59 Å². The summed E-state index contributed by atoms with van der Waals surface area (Å²) in [5.41, 5.74) is 5.40. The van der Waals surface area contributed by atoms with Gasteiger partial charge in [0, 0.05) is 24.5 Å². The van der Waals surface area contributed by atoms with Crippen LogP contribution in [0.3, 0.4) is 0 Å². The largest absolute Gasteiger partial charge is 0.461 e. The fourth-order valence-corrected chi connectivity index (χ4v) is 7.31. The van der Waals surface area contributed by atoms with Gasteiger partial charge in [-0.3, -0.25) is 19.6 Å². The number of H-pyrrole nitrogens is 1. The summed E-state index contributed by atoms with van der Waals surface area (Å²) in [5, 5.41) is 0.589. The monoisotopic (exact) mass is 636 g/mol. The van der Waals surface area contributed by atoms with E-state index in [0.717, 1.165) is 25.7 Å². The number of aliphatic imine (C=N–C) groups is 1. The molecule has 0 bridgehead atoms. The van der Waals surface area contributed by atoms with Crippen LogP contribution in [0.15, 0.2) is 34.1 Å². The molecular weight excluding hydrogens is 595 g/mol. The average molecular weight is 637 g/mol. The van der Waals surface area contributed by atoms with Gasteiger partial charge in [-0.15, -0.1) is 0 Å². The van der Waals surface area contributed by atoms with Crippen LogP contribution < -0.4 is 20.7 Å². The molecule has 1 aromatic heterocycles. The molecule has 2 fully saturated rings. The minimum absolute atomic E-state index is 0.0219. The Balaban J connectivity index is 1.49. The number of esters is 1. The van der Waals surface area contributed by atoms with Gasteiger partial charge in [0.25, 0.3) is 5.56 Å². The summed E-state index contributed by atoms with van der Waals surface area (Å²) < 4.78 is 27.0. The zero-order valence-electron chi connectivity index (χ0n) is 25.2. The molecule has 0 radical (unpaired) electrons. The number of hydrogen-bond donors (Lipinski definition) is 2. The Morgan fingerprint density at radius 3 is 2.63 bits per heavy atom. The number of likely N-dealkylation sites (N-methyl/N-ethyl adjacent to an activating group) is 1. The summed E-state index contributed by atoms with van der Waals surface area (Å²) in [4.78, 5) is 38.0. The van der Waals surface area contributed by atoms with Gasteiger partial charge in [-0.05, 0) is 69.5 Å². The summed E-state index contributed by atoms with van der Waals surface area (Å²) in [6, 6.07) is 6.52. The Kier molecular flexibility index (Phi) is 11.8. The number of ether oxygens (including phenoxy) is 2. The maximum absolute atomic E-state index is 13.3. The summed E-state index contributed by atoms with van der Waals surface area (Å²) >= 11 is 6.10. The molecule has 0 spiro atoms. The predicted octanol–water partition coefficient (Wildman–Crippen LogP) is 5.43. The number of nitrogens with zero attached hydrogens (tertiary/aromatic N) is 4. The summed E-state index contributed by atoms with van der Waals surface area (Å²) in [5.74, 6) is 0.650. The van der Waals surface area contributed by atoms with E-state index < -0.39 is 26.4 Å². The summed E-state index contributed by atoms with van der Waals surface area (Å²) in [6.07, 6.45) is 4.44. The van der Waals surface area contributed by atoms with Crippen LogP contribution in [0.25, 0.3) is 0 Å². The molecule has 1 saturated heterocycles. The second kappa shape index (κ2) is 15.3. The van der Waals surface area contributed by atoms with Crippen molar-refractivity contribution in [1.82, 2.24) is 14.6 Å². The smallest absolute Gasteiger partial charge is 0.324 e. The van der Waals surface area contributed by atoms with Crippen molar-refractivity contribution in [1.29, 1.82) is 0 Å². The van der Waals surface area contributed by atoms with Gasteiger partial charge < -0.3 is 29.2 Å². The molecule has 1 aliphatic heterocycles. The van der Waals surface area contributed by atoms with Crippen molar-refractivity contribution < 1.29 is 23.3 Å². The third kappa shape index (κ3) is 8.25. The van der Waals surface area contributed by atoms with Gasteiger partial charge in [0.1, 0.15) is 24.1 Å². The van der Waals surface area contributed by atoms with Crippen LogP contribution in [-0.4, -0.2) is 72.0 Å². The van der Waals surface area contributed by atoms with Crippen molar-refractivity contribution in [3.63, 3.8) is 0 Å². The van der Waals surface area contributed by atoms with Gasteiger partial charge >= 0.3 is 14.5 Å². The van der Waals surface area contributed by atoms with Crippen LogP contribution in [0.2, 0.25) is 5.02 Å². The SMILES string of the molecule is C=Nc1c(N(C)C2OC(COP(Oc3ccc(Cl)cc3)N(CC)C(CC)C(=O)OC3CCCC3)CC2C)nc(N)[nH]c1=O. The van der Waals surface area contributed by atoms with Gasteiger partial charge in [0.15, 0.2) is 11.5 Å². The third-order valence-corrected chi connectivity index (χ3v) is 9.70. The highest BCUT2D eigenvalue weighted by atomic mass is 35.5. The molecule has 0 amide bonds. The standard InChI is InChI=1S/C29H42ClN6O6P/c1-6-23(28(38)41-20-10-8-9-11-20)36(7-2)43(42-21-14-12-19(30)13-15-21)39-17-22-16-18(3)27(40-22)35(5)25-24(32-4)26(37)34-29(31)33-25/h12-15,18,20,22-23,27H,4,6-11,16-17H2,1-3,5H3,(H3,31,33,34,37). The van der Waals surface area contributed by atoms with E-state index in [1.54, 1.807) is 36.2 Å². The number of halogens is 1. The molecule has 14 heteroatoms. The Bertz CT molecular complexity index is 1290. The number of nitrogens with one attached hydrogen (secondary N) is 1. The summed E-state index contributed by atoms with van der Waals surface area (Å²) in [6.45, 7) is 10.2. The van der Waals surface area contributed by atoms with E-state index in [0.29, 0.717) is 30.2 Å². The molecule has 236 valence electrons. The maximum atomic E-state index is 13.3. The van der Waals surface area contributed by atoms with Crippen molar-refractivity contribution >= 4 is 50.3 Å². The van der Waals surface area contributed by atoms with Crippen molar-refractivity contribution in [2.24, 2.45) is 10.9 Å². The molecule has 1 saturated carbocycles. The molecule has 3 N–H and O–H groups in total. The van der Waals surface area contributed by atoms with Gasteiger partial charge in [-0.25, -0.2) is 4.67 Å². The molecule has 2 aromatic rings. The molecule has 4 rings (SSSR count). The Morgan fingerprint density at radius 2 is 2.00 bits per heavy atom. The normalized spacial score (nSPS) is 22.0. The zero-order chi connectivity index (χ0) is 31.1. The fourth-order valence-electron chi connectivity index (χ4n) is 5.56. The Morgan fingerprint density at radius 1 is 1.30 bits per heavy atom. The topological polar surface area (TPSA) is 145 Å². The van der Waals surface area contributed by atoms with Crippen LogP contribution in [-0.2, 0) is 18.8 Å². The van der Waals surface area contributed by atoms with E-state index >= 15 is 0 Å². The number of anilines is 2. The van der Waals surface area contributed by atoms with Crippen LogP contribution in [0.1, 0.15) is 59.3 Å². The number of benzene rings is 1. The Hall–Kier alpha value is -2.76. The lowest BCUT2D eigenvalue weighted by molar-refractivity contribution is -0.153. The van der Waals surface area contributed by atoms with Crippen LogP contribution >= 0.6 is 20.1 Å². The number of hydrogen-bond acceptors (Lipinski definition) is 11. The minimum atomic E-state index is -1.73. The average Bonchev–Trinajstić information content (AvgIpc) is 3.63. The maximum Gasteiger partial charge on any atom is 0.324 e. The first-order valence-corrected chi connectivity index (χ1v) is 16.2. The molecule has 2 aliphatic rings. The van der Waals surface area contributed by atoms with Gasteiger partial charge in [0.2, 0.25) is 5.95 Å². The number of carbonyl (C=O) groups is 1.